The van der Waals surface area contributed by atoms with Crippen molar-refractivity contribution < 1.29 is 4.79 Å². The molecular weight excluding hydrogens is 266 g/mol. The number of pyridine rings is 1. The van der Waals surface area contributed by atoms with Gasteiger partial charge in [0, 0.05) is 32.7 Å². The second-order valence-electron chi connectivity index (χ2n) is 4.20. The van der Waals surface area contributed by atoms with Crippen LogP contribution in [0.25, 0.3) is 0 Å². The van der Waals surface area contributed by atoms with Crippen LogP contribution in [-0.4, -0.2) is 32.4 Å². The van der Waals surface area contributed by atoms with E-state index in [1.165, 1.54) is 17.2 Å². The molecule has 0 aromatic carbocycles. The lowest BCUT2D eigenvalue weighted by Gasteiger charge is -2.17. The molecule has 0 saturated heterocycles. The summed E-state index contributed by atoms with van der Waals surface area (Å²) in [5, 5.41) is 0.283. The fourth-order valence-corrected chi connectivity index (χ4v) is 1.84. The molecule has 6 nitrogen and oxygen atoms in total. The Hall–Kier alpha value is -2.08. The van der Waals surface area contributed by atoms with Gasteiger partial charge in [0.15, 0.2) is 0 Å². The van der Waals surface area contributed by atoms with Gasteiger partial charge in [-0.1, -0.05) is 11.6 Å². The van der Waals surface area contributed by atoms with Crippen molar-refractivity contribution in [3.05, 3.63) is 41.1 Å². The highest BCUT2D eigenvalue weighted by molar-refractivity contribution is 6.33. The third kappa shape index (κ3) is 2.85. The van der Waals surface area contributed by atoms with E-state index in [0.29, 0.717) is 12.1 Å². The van der Waals surface area contributed by atoms with Crippen LogP contribution in [0.15, 0.2) is 24.7 Å². The Kier molecular flexibility index (Phi) is 3.71. The van der Waals surface area contributed by atoms with E-state index < -0.39 is 0 Å². The number of imidazole rings is 1. The van der Waals surface area contributed by atoms with Crippen LogP contribution >= 0.6 is 11.6 Å². The van der Waals surface area contributed by atoms with Crippen molar-refractivity contribution in [2.24, 2.45) is 7.05 Å². The van der Waals surface area contributed by atoms with E-state index >= 15 is 0 Å². The van der Waals surface area contributed by atoms with Crippen LogP contribution in [-0.2, 0) is 13.6 Å². The third-order valence-electron chi connectivity index (χ3n) is 2.75. The Morgan fingerprint density at radius 1 is 1.53 bits per heavy atom. The number of hydrogen-bond acceptors (Lipinski definition) is 4. The second-order valence-corrected chi connectivity index (χ2v) is 4.61. The number of rotatable bonds is 3. The number of aromatic nitrogens is 3. The van der Waals surface area contributed by atoms with Crippen molar-refractivity contribution in [3.63, 3.8) is 0 Å². The molecule has 2 N–H and O–H groups in total. The zero-order valence-electron chi connectivity index (χ0n) is 10.7. The number of aryl methyl sites for hydroxylation is 1. The monoisotopic (exact) mass is 279 g/mol. The fraction of sp³-hybridized carbons (Fsp3) is 0.250. The summed E-state index contributed by atoms with van der Waals surface area (Å²) < 4.78 is 1.85. The van der Waals surface area contributed by atoms with Gasteiger partial charge in [-0.2, -0.15) is 0 Å². The van der Waals surface area contributed by atoms with Crippen molar-refractivity contribution in [1.29, 1.82) is 0 Å². The molecule has 2 aromatic rings. The van der Waals surface area contributed by atoms with E-state index in [2.05, 4.69) is 9.97 Å². The van der Waals surface area contributed by atoms with Crippen molar-refractivity contribution in [3.8, 4) is 0 Å². The molecule has 0 atom stereocenters. The molecule has 0 saturated carbocycles. The van der Waals surface area contributed by atoms with E-state index in [1.54, 1.807) is 13.2 Å². The summed E-state index contributed by atoms with van der Waals surface area (Å²) in [7, 11) is 3.56. The van der Waals surface area contributed by atoms with Crippen LogP contribution < -0.4 is 5.73 Å². The average molecular weight is 280 g/mol. The van der Waals surface area contributed by atoms with Gasteiger partial charge in [0.05, 0.1) is 17.1 Å². The molecule has 2 heterocycles. The molecule has 1 amide bonds. The number of hydrogen-bond donors (Lipinski definition) is 1. The summed E-state index contributed by atoms with van der Waals surface area (Å²) in [4.78, 5) is 21.8. The topological polar surface area (TPSA) is 77.0 Å². The molecule has 0 spiro atoms. The zero-order chi connectivity index (χ0) is 14.0. The first-order valence-corrected chi connectivity index (χ1v) is 5.99. The first-order valence-electron chi connectivity index (χ1n) is 5.61. The minimum absolute atomic E-state index is 0.220. The lowest BCUT2D eigenvalue weighted by molar-refractivity contribution is 0.0780. The minimum atomic E-state index is -0.220. The molecule has 0 aliphatic carbocycles. The van der Waals surface area contributed by atoms with Gasteiger partial charge in [0.25, 0.3) is 5.91 Å². The Morgan fingerprint density at radius 2 is 2.26 bits per heavy atom. The summed E-state index contributed by atoms with van der Waals surface area (Å²) in [5.74, 6) is 0.828. The molecule has 0 bridgehead atoms. The van der Waals surface area contributed by atoms with Gasteiger partial charge in [-0.05, 0) is 6.07 Å². The summed E-state index contributed by atoms with van der Waals surface area (Å²) in [6.45, 7) is 0.390. The van der Waals surface area contributed by atoms with Crippen LogP contribution in [0.5, 0.6) is 0 Å². The van der Waals surface area contributed by atoms with Gasteiger partial charge in [0.2, 0.25) is 0 Å². The maximum atomic E-state index is 12.3. The molecule has 2 rings (SSSR count). The number of nitrogens with zero attached hydrogens (tertiary/aromatic N) is 4. The quantitative estimate of drug-likeness (QED) is 0.919. The lowest BCUT2D eigenvalue weighted by atomic mass is 10.2. The molecule has 2 aromatic heterocycles. The summed E-state index contributed by atoms with van der Waals surface area (Å²) in [6.07, 6.45) is 4.88. The molecular formula is C12H14ClN5O. The number of halogens is 1. The average Bonchev–Trinajstić information content (AvgIpc) is 2.77. The highest BCUT2D eigenvalue weighted by Crippen LogP contribution is 2.18. The van der Waals surface area contributed by atoms with E-state index in [1.807, 2.05) is 17.8 Å². The van der Waals surface area contributed by atoms with Crippen LogP contribution in [0.2, 0.25) is 5.02 Å². The summed E-state index contributed by atoms with van der Waals surface area (Å²) >= 11 is 5.96. The second kappa shape index (κ2) is 5.27. The van der Waals surface area contributed by atoms with Crippen LogP contribution in [0.3, 0.4) is 0 Å². The minimum Gasteiger partial charge on any atom is -0.384 e. The Morgan fingerprint density at radius 3 is 2.89 bits per heavy atom. The molecule has 0 radical (unpaired) electrons. The van der Waals surface area contributed by atoms with E-state index in [-0.39, 0.29) is 16.7 Å². The first-order chi connectivity index (χ1) is 8.99. The number of anilines is 1. The molecule has 0 aliphatic heterocycles. The van der Waals surface area contributed by atoms with Gasteiger partial charge in [-0.3, -0.25) is 4.79 Å². The number of carbonyl (C=O) groups excluding carboxylic acids is 1. The Balaban J connectivity index is 2.19. The molecule has 19 heavy (non-hydrogen) atoms. The highest BCUT2D eigenvalue weighted by atomic mass is 35.5. The lowest BCUT2D eigenvalue weighted by Crippen LogP contribution is -2.28. The van der Waals surface area contributed by atoms with Gasteiger partial charge in [0.1, 0.15) is 11.6 Å². The fourth-order valence-electron chi connectivity index (χ4n) is 1.66. The van der Waals surface area contributed by atoms with E-state index in [4.69, 9.17) is 17.3 Å². The number of amides is 1. The standard InChI is InChI=1S/C12H14ClN5O/c1-17-4-3-15-11(17)7-18(2)12(19)8-5-10(14)16-6-9(8)13/h3-6H,7H2,1-2H3,(H2,14,16). The van der Waals surface area contributed by atoms with E-state index in [0.717, 1.165) is 5.82 Å². The van der Waals surface area contributed by atoms with Crippen LogP contribution in [0.4, 0.5) is 5.82 Å². The zero-order valence-corrected chi connectivity index (χ0v) is 11.4. The predicted octanol–water partition coefficient (Wildman–Crippen LogP) is 1.32. The largest absolute Gasteiger partial charge is 0.384 e. The van der Waals surface area contributed by atoms with Crippen molar-refractivity contribution in [2.45, 2.75) is 6.54 Å². The summed E-state index contributed by atoms with van der Waals surface area (Å²) in [5.41, 5.74) is 5.91. The van der Waals surface area contributed by atoms with Crippen molar-refractivity contribution >= 4 is 23.3 Å². The molecule has 100 valence electrons. The number of nitrogen functional groups attached to an aromatic ring is 1. The number of carbonyl (C=O) groups is 1. The van der Waals surface area contributed by atoms with E-state index in [9.17, 15) is 4.79 Å². The van der Waals surface area contributed by atoms with Gasteiger partial charge < -0.3 is 15.2 Å². The maximum Gasteiger partial charge on any atom is 0.255 e. The predicted molar refractivity (Wildman–Crippen MR) is 72.7 cm³/mol. The maximum absolute atomic E-state index is 12.3. The summed E-state index contributed by atoms with van der Waals surface area (Å²) in [6, 6.07) is 1.47. The van der Waals surface area contributed by atoms with Crippen molar-refractivity contribution in [2.75, 3.05) is 12.8 Å². The third-order valence-corrected chi connectivity index (χ3v) is 3.05. The number of nitrogens with two attached hydrogens (primary N) is 1. The smallest absolute Gasteiger partial charge is 0.255 e. The molecule has 0 fully saturated rings. The molecule has 7 heteroatoms. The Bertz CT molecular complexity index is 610. The Labute approximate surface area is 115 Å². The molecule has 0 unspecified atom stereocenters. The molecule has 0 aliphatic rings. The highest BCUT2D eigenvalue weighted by Gasteiger charge is 2.17. The van der Waals surface area contributed by atoms with Crippen LogP contribution in [0, 0.1) is 0 Å². The first kappa shape index (κ1) is 13.4. The van der Waals surface area contributed by atoms with Gasteiger partial charge >= 0.3 is 0 Å². The van der Waals surface area contributed by atoms with Crippen molar-refractivity contribution in [1.82, 2.24) is 19.4 Å². The SMILES string of the molecule is CN(Cc1nccn1C)C(=O)c1cc(N)ncc1Cl. The normalized spacial score (nSPS) is 10.5. The van der Waals surface area contributed by atoms with Gasteiger partial charge in [-0.25, -0.2) is 9.97 Å². The van der Waals surface area contributed by atoms with Crippen LogP contribution in [0.1, 0.15) is 16.2 Å². The van der Waals surface area contributed by atoms with Gasteiger partial charge in [-0.15, -0.1) is 0 Å².